The number of amides is 2. The molecule has 1 N–H and O–H groups in total. The van der Waals surface area contributed by atoms with Crippen LogP contribution in [0, 0.1) is 16.7 Å². The monoisotopic (exact) mass is 622 g/mol. The number of ether oxygens (including phenoxy) is 4. The molecule has 2 amide bonds. The van der Waals surface area contributed by atoms with E-state index in [9.17, 15) is 19.2 Å². The average Bonchev–Trinajstić information content (AvgIpc) is 3.52. The molecule has 2 aromatic carbocycles. The Morgan fingerprint density at radius 2 is 1.80 bits per heavy atom. The van der Waals surface area contributed by atoms with Gasteiger partial charge in [-0.05, 0) is 68.2 Å². The van der Waals surface area contributed by atoms with Gasteiger partial charge in [-0.1, -0.05) is 39.0 Å². The van der Waals surface area contributed by atoms with Crippen LogP contribution in [0.25, 0.3) is 10.8 Å². The van der Waals surface area contributed by atoms with Gasteiger partial charge in [-0.3, -0.25) is 14.4 Å². The van der Waals surface area contributed by atoms with Crippen molar-refractivity contribution in [2.45, 2.75) is 84.6 Å². The summed E-state index contributed by atoms with van der Waals surface area (Å²) in [7, 11) is 2.91. The van der Waals surface area contributed by atoms with Gasteiger partial charge < -0.3 is 29.2 Å². The van der Waals surface area contributed by atoms with E-state index < -0.39 is 52.6 Å². The lowest BCUT2D eigenvalue weighted by atomic mass is 9.85. The van der Waals surface area contributed by atoms with Gasteiger partial charge in [0, 0.05) is 18.2 Å². The van der Waals surface area contributed by atoms with Gasteiger partial charge in [0.2, 0.25) is 5.91 Å². The second-order valence-corrected chi connectivity index (χ2v) is 14.1. The van der Waals surface area contributed by atoms with Crippen molar-refractivity contribution < 1.29 is 38.1 Å². The minimum atomic E-state index is -0.997. The molecule has 0 spiro atoms. The Kier molecular flexibility index (Phi) is 9.56. The zero-order chi connectivity index (χ0) is 33.3. The SMILES string of the molecule is C=C[C@@H]1C[C@]1(CC(=O)[C@@H]1C[C@@H](Oc2cccc3cc(OC)ccc23)CN1C(=O)[C@@H](NC(=O)OC(C)(C)C)C(C)(C)C)C(=O)OC. The van der Waals surface area contributed by atoms with E-state index in [1.165, 1.54) is 12.0 Å². The second kappa shape index (κ2) is 12.7. The molecule has 0 unspecified atom stereocenters. The van der Waals surface area contributed by atoms with Crippen LogP contribution < -0.4 is 14.8 Å². The molecule has 10 heteroatoms. The lowest BCUT2D eigenvalue weighted by molar-refractivity contribution is -0.150. The molecule has 0 radical (unpaired) electrons. The summed E-state index contributed by atoms with van der Waals surface area (Å²) in [6, 6.07) is 9.47. The first kappa shape index (κ1) is 33.8. The van der Waals surface area contributed by atoms with Crippen LogP contribution >= 0.6 is 0 Å². The molecule has 5 atom stereocenters. The Balaban J connectivity index is 1.65. The van der Waals surface area contributed by atoms with E-state index in [1.807, 2.05) is 57.2 Å². The standard InChI is InChI=1S/C35H46N2O8/c1-10-22-18-35(22,31(40)43-9)19-27(38)26-17-24(44-28-13-11-12-21-16-23(42-8)14-15-25(21)28)20-37(26)30(39)29(33(2,3)4)36-32(41)45-34(5,6)7/h10-16,22,24,26,29H,1,17-20H2,2-9H3,(H,36,41)/t22-,24-,26+,29-,35-/m1/s1. The minimum absolute atomic E-state index is 0.0920. The molecule has 1 aliphatic heterocycles. The summed E-state index contributed by atoms with van der Waals surface area (Å²) in [4.78, 5) is 55.5. The fourth-order valence-electron chi connectivity index (χ4n) is 6.10. The molecular formula is C35H46N2O8. The lowest BCUT2D eigenvalue weighted by Gasteiger charge is -2.35. The number of hydrogen-bond donors (Lipinski definition) is 1. The molecule has 4 rings (SSSR count). The fraction of sp³-hybridized carbons (Fsp3) is 0.543. The summed E-state index contributed by atoms with van der Waals surface area (Å²) in [5.74, 6) is -0.0171. The van der Waals surface area contributed by atoms with Gasteiger partial charge in [0.05, 0.1) is 32.2 Å². The summed E-state index contributed by atoms with van der Waals surface area (Å²) < 4.78 is 22.4. The van der Waals surface area contributed by atoms with Crippen molar-refractivity contribution in [3.63, 3.8) is 0 Å². The fourth-order valence-corrected chi connectivity index (χ4v) is 6.10. The Labute approximate surface area is 265 Å². The number of hydrogen-bond acceptors (Lipinski definition) is 8. The van der Waals surface area contributed by atoms with Crippen LogP contribution in [0.5, 0.6) is 11.5 Å². The predicted octanol–water partition coefficient (Wildman–Crippen LogP) is 5.46. The van der Waals surface area contributed by atoms with Crippen molar-refractivity contribution in [3.8, 4) is 11.5 Å². The molecule has 2 fully saturated rings. The molecule has 45 heavy (non-hydrogen) atoms. The number of nitrogens with one attached hydrogen (secondary N) is 1. The molecule has 1 heterocycles. The van der Waals surface area contributed by atoms with Crippen LogP contribution in [0.15, 0.2) is 49.1 Å². The van der Waals surface area contributed by atoms with Crippen molar-refractivity contribution >= 4 is 34.5 Å². The highest BCUT2D eigenvalue weighted by atomic mass is 16.6. The molecule has 10 nitrogen and oxygen atoms in total. The zero-order valence-electron chi connectivity index (χ0n) is 27.6. The summed E-state index contributed by atoms with van der Waals surface area (Å²) in [6.07, 6.45) is 1.000. The summed E-state index contributed by atoms with van der Waals surface area (Å²) >= 11 is 0. The number of ketones is 1. The molecule has 1 saturated heterocycles. The number of rotatable bonds is 10. The maximum Gasteiger partial charge on any atom is 0.408 e. The summed E-state index contributed by atoms with van der Waals surface area (Å²) in [5.41, 5.74) is -2.47. The van der Waals surface area contributed by atoms with Crippen molar-refractivity contribution in [2.75, 3.05) is 20.8 Å². The molecule has 0 bridgehead atoms. The number of carbonyl (C=O) groups excluding carboxylic acids is 4. The maximum atomic E-state index is 14.3. The van der Waals surface area contributed by atoms with Crippen LogP contribution in [0.3, 0.4) is 0 Å². The molecule has 2 aliphatic rings. The van der Waals surface area contributed by atoms with Crippen LogP contribution in [0.1, 0.15) is 60.8 Å². The molecule has 1 saturated carbocycles. The van der Waals surface area contributed by atoms with Crippen molar-refractivity contribution in [2.24, 2.45) is 16.7 Å². The van der Waals surface area contributed by atoms with Gasteiger partial charge in [0.1, 0.15) is 29.2 Å². The van der Waals surface area contributed by atoms with Gasteiger partial charge in [0.25, 0.3) is 0 Å². The van der Waals surface area contributed by atoms with E-state index in [1.54, 1.807) is 34.0 Å². The zero-order valence-corrected chi connectivity index (χ0v) is 27.6. The third kappa shape index (κ3) is 7.43. The maximum absolute atomic E-state index is 14.3. The second-order valence-electron chi connectivity index (χ2n) is 14.1. The number of Topliss-reactive ketones (excluding diaryl/α,β-unsaturated/α-hetero) is 1. The van der Waals surface area contributed by atoms with Gasteiger partial charge in [-0.25, -0.2) is 4.79 Å². The quantitative estimate of drug-likeness (QED) is 0.274. The molecular weight excluding hydrogens is 576 g/mol. The lowest BCUT2D eigenvalue weighted by Crippen LogP contribution is -2.57. The number of allylic oxidation sites excluding steroid dienone is 1. The number of fused-ring (bicyclic) bond motifs is 1. The number of likely N-dealkylation sites (tertiary alicyclic amines) is 1. The third-order valence-electron chi connectivity index (χ3n) is 8.53. The first-order valence-electron chi connectivity index (χ1n) is 15.3. The number of esters is 1. The van der Waals surface area contributed by atoms with E-state index in [0.717, 1.165) is 10.8 Å². The van der Waals surface area contributed by atoms with E-state index in [2.05, 4.69) is 11.9 Å². The predicted molar refractivity (Wildman–Crippen MR) is 170 cm³/mol. The van der Waals surface area contributed by atoms with Gasteiger partial charge in [-0.2, -0.15) is 0 Å². The van der Waals surface area contributed by atoms with Crippen LogP contribution in [0.2, 0.25) is 0 Å². The molecule has 0 aromatic heterocycles. The first-order valence-corrected chi connectivity index (χ1v) is 15.3. The number of nitrogens with zero attached hydrogens (tertiary/aromatic N) is 1. The highest BCUT2D eigenvalue weighted by Gasteiger charge is 2.61. The van der Waals surface area contributed by atoms with Crippen LogP contribution in [-0.2, 0) is 23.9 Å². The largest absolute Gasteiger partial charge is 0.497 e. The topological polar surface area (TPSA) is 120 Å². The number of alkyl carbamates (subject to hydrolysis) is 1. The van der Waals surface area contributed by atoms with Crippen molar-refractivity contribution in [1.82, 2.24) is 10.2 Å². The number of methoxy groups -OCH3 is 2. The Morgan fingerprint density at radius 3 is 2.38 bits per heavy atom. The highest BCUT2D eigenvalue weighted by Crippen LogP contribution is 2.57. The summed E-state index contributed by atoms with van der Waals surface area (Å²) in [5, 5.41) is 4.53. The van der Waals surface area contributed by atoms with Crippen LogP contribution in [-0.4, -0.2) is 73.2 Å². The van der Waals surface area contributed by atoms with Crippen molar-refractivity contribution in [3.05, 3.63) is 49.1 Å². The highest BCUT2D eigenvalue weighted by molar-refractivity contribution is 5.96. The number of carbonyl (C=O) groups is 4. The van der Waals surface area contributed by atoms with E-state index in [-0.39, 0.29) is 31.1 Å². The van der Waals surface area contributed by atoms with Gasteiger partial charge in [-0.15, -0.1) is 6.58 Å². The van der Waals surface area contributed by atoms with E-state index in [4.69, 9.17) is 18.9 Å². The van der Waals surface area contributed by atoms with Gasteiger partial charge >= 0.3 is 12.1 Å². The van der Waals surface area contributed by atoms with E-state index >= 15 is 0 Å². The normalized spacial score (nSPS) is 23.6. The average molecular weight is 623 g/mol. The van der Waals surface area contributed by atoms with Crippen LogP contribution in [0.4, 0.5) is 4.79 Å². The van der Waals surface area contributed by atoms with Crippen molar-refractivity contribution in [1.29, 1.82) is 0 Å². The Bertz CT molecular complexity index is 1470. The molecule has 2 aromatic rings. The summed E-state index contributed by atoms with van der Waals surface area (Å²) in [6.45, 7) is 14.7. The smallest absolute Gasteiger partial charge is 0.408 e. The molecule has 244 valence electrons. The van der Waals surface area contributed by atoms with E-state index in [0.29, 0.717) is 17.9 Å². The number of benzene rings is 2. The first-order chi connectivity index (χ1) is 21.0. The Morgan fingerprint density at radius 1 is 1.09 bits per heavy atom. The molecule has 1 aliphatic carbocycles. The minimum Gasteiger partial charge on any atom is -0.497 e. The Hall–Kier alpha value is -4.08. The van der Waals surface area contributed by atoms with Gasteiger partial charge in [0.15, 0.2) is 5.78 Å². The third-order valence-corrected chi connectivity index (χ3v) is 8.53.